The molecule has 0 spiro atoms. The summed E-state index contributed by atoms with van der Waals surface area (Å²) in [5, 5.41) is 25.3. The standard InChI is InChI=1S/C23H19Br2N5O4/c24-16-6-7-19-18(11-16)23(31)29(22(28-19)14-4-2-1-3-5-14)27-13-15-10-17(25)12-20(30(32)33)21(15)34-9-8-26/h6-7,10-14H,1-5,9H2. The van der Waals surface area contributed by atoms with Gasteiger partial charge in [0.05, 0.1) is 22.0 Å². The van der Waals surface area contributed by atoms with Gasteiger partial charge in [0.2, 0.25) is 5.75 Å². The normalized spacial score (nSPS) is 14.4. The number of nitrogens with zero attached hydrogens (tertiary/aromatic N) is 5. The average Bonchev–Trinajstić information content (AvgIpc) is 2.83. The van der Waals surface area contributed by atoms with E-state index in [9.17, 15) is 14.9 Å². The van der Waals surface area contributed by atoms with Crippen LogP contribution in [0.3, 0.4) is 0 Å². The van der Waals surface area contributed by atoms with Crippen LogP contribution in [0.1, 0.15) is 49.4 Å². The Morgan fingerprint density at radius 1 is 1.24 bits per heavy atom. The second-order valence-corrected chi connectivity index (χ2v) is 9.71. The molecule has 34 heavy (non-hydrogen) atoms. The number of nitro groups is 1. The number of halogens is 2. The zero-order valence-electron chi connectivity index (χ0n) is 17.9. The Hall–Kier alpha value is -3.10. The van der Waals surface area contributed by atoms with Gasteiger partial charge in [-0.3, -0.25) is 14.9 Å². The lowest BCUT2D eigenvalue weighted by molar-refractivity contribution is -0.385. The molecule has 11 heteroatoms. The Balaban J connectivity index is 1.89. The number of benzene rings is 2. The summed E-state index contributed by atoms with van der Waals surface area (Å²) < 4.78 is 7.82. The summed E-state index contributed by atoms with van der Waals surface area (Å²) in [7, 11) is 0. The maximum atomic E-state index is 13.5. The first-order valence-corrected chi connectivity index (χ1v) is 12.2. The Kier molecular flexibility index (Phi) is 7.38. The number of ether oxygens (including phenoxy) is 1. The van der Waals surface area contributed by atoms with Gasteiger partial charge < -0.3 is 4.74 Å². The first kappa shape index (κ1) is 24.0. The Morgan fingerprint density at radius 3 is 2.71 bits per heavy atom. The topological polar surface area (TPSA) is 123 Å². The van der Waals surface area contributed by atoms with Crippen molar-refractivity contribution in [3.63, 3.8) is 0 Å². The molecule has 3 aromatic rings. The molecule has 174 valence electrons. The van der Waals surface area contributed by atoms with E-state index >= 15 is 0 Å². The number of nitriles is 1. The molecule has 0 N–H and O–H groups in total. The zero-order chi connectivity index (χ0) is 24.2. The van der Waals surface area contributed by atoms with Gasteiger partial charge in [0, 0.05) is 26.5 Å². The van der Waals surface area contributed by atoms with Gasteiger partial charge in [-0.1, -0.05) is 51.1 Å². The van der Waals surface area contributed by atoms with Gasteiger partial charge in [-0.2, -0.15) is 15.0 Å². The molecule has 1 aliphatic rings. The van der Waals surface area contributed by atoms with Gasteiger partial charge >= 0.3 is 5.69 Å². The molecule has 0 saturated heterocycles. The highest BCUT2D eigenvalue weighted by Gasteiger charge is 2.24. The van der Waals surface area contributed by atoms with Crippen molar-refractivity contribution >= 4 is 54.7 Å². The van der Waals surface area contributed by atoms with Crippen molar-refractivity contribution in [2.24, 2.45) is 5.10 Å². The number of aromatic nitrogens is 2. The van der Waals surface area contributed by atoms with Gasteiger partial charge in [0.15, 0.2) is 6.61 Å². The Morgan fingerprint density at radius 2 is 2.00 bits per heavy atom. The molecule has 1 saturated carbocycles. The largest absolute Gasteiger partial charge is 0.471 e. The van der Waals surface area contributed by atoms with Crippen molar-refractivity contribution in [1.29, 1.82) is 5.26 Å². The van der Waals surface area contributed by atoms with Crippen LogP contribution in [0.15, 0.2) is 49.2 Å². The molecule has 0 unspecified atom stereocenters. The van der Waals surface area contributed by atoms with Crippen LogP contribution in [-0.4, -0.2) is 27.4 Å². The first-order chi connectivity index (χ1) is 16.4. The maximum Gasteiger partial charge on any atom is 0.312 e. The third kappa shape index (κ3) is 5.03. The summed E-state index contributed by atoms with van der Waals surface area (Å²) in [6.07, 6.45) is 6.39. The third-order valence-electron chi connectivity index (χ3n) is 5.66. The van der Waals surface area contributed by atoms with Crippen molar-refractivity contribution in [2.75, 3.05) is 6.61 Å². The molecule has 1 aliphatic carbocycles. The molecule has 2 aromatic carbocycles. The van der Waals surface area contributed by atoms with Gasteiger partial charge in [-0.15, -0.1) is 0 Å². The van der Waals surface area contributed by atoms with Crippen molar-refractivity contribution in [3.8, 4) is 11.8 Å². The molecule has 1 aromatic heterocycles. The number of hydrogen-bond acceptors (Lipinski definition) is 7. The highest BCUT2D eigenvalue weighted by Crippen LogP contribution is 2.35. The quantitative estimate of drug-likeness (QED) is 0.208. The van der Waals surface area contributed by atoms with Crippen LogP contribution in [-0.2, 0) is 0 Å². The average molecular weight is 589 g/mol. The zero-order valence-corrected chi connectivity index (χ0v) is 21.1. The van der Waals surface area contributed by atoms with Crippen molar-refractivity contribution in [1.82, 2.24) is 9.66 Å². The molecule has 1 heterocycles. The predicted molar refractivity (Wildman–Crippen MR) is 134 cm³/mol. The van der Waals surface area contributed by atoms with E-state index in [1.54, 1.807) is 18.2 Å². The van der Waals surface area contributed by atoms with Crippen LogP contribution in [0.2, 0.25) is 0 Å². The predicted octanol–water partition coefficient (Wildman–Crippen LogP) is 5.66. The SMILES string of the molecule is N#CCOc1c(C=Nn2c(C3CCCCC3)nc3ccc(Br)cc3c2=O)cc(Br)cc1[N+](=O)[O-]. The highest BCUT2D eigenvalue weighted by molar-refractivity contribution is 9.10. The summed E-state index contributed by atoms with van der Waals surface area (Å²) >= 11 is 6.67. The molecular formula is C23H19Br2N5O4. The van der Waals surface area contributed by atoms with E-state index in [4.69, 9.17) is 15.0 Å². The van der Waals surface area contributed by atoms with Crippen LogP contribution in [0, 0.1) is 21.4 Å². The van der Waals surface area contributed by atoms with E-state index in [2.05, 4.69) is 37.0 Å². The minimum atomic E-state index is -0.594. The molecule has 9 nitrogen and oxygen atoms in total. The number of hydrogen-bond donors (Lipinski definition) is 0. The van der Waals surface area contributed by atoms with Crippen molar-refractivity contribution in [2.45, 2.75) is 38.0 Å². The highest BCUT2D eigenvalue weighted by atomic mass is 79.9. The van der Waals surface area contributed by atoms with Crippen LogP contribution in [0.5, 0.6) is 5.75 Å². The van der Waals surface area contributed by atoms with Gasteiger partial charge in [0.25, 0.3) is 5.56 Å². The molecule has 4 rings (SSSR count). The van der Waals surface area contributed by atoms with E-state index in [1.807, 2.05) is 12.1 Å². The molecule has 0 radical (unpaired) electrons. The van der Waals surface area contributed by atoms with E-state index in [0.717, 1.165) is 36.6 Å². The van der Waals surface area contributed by atoms with Gasteiger partial charge in [-0.25, -0.2) is 4.98 Å². The lowest BCUT2D eigenvalue weighted by Crippen LogP contribution is -2.25. The summed E-state index contributed by atoms with van der Waals surface area (Å²) in [6.45, 7) is -0.373. The van der Waals surface area contributed by atoms with Crippen molar-refractivity contribution < 1.29 is 9.66 Å². The summed E-state index contributed by atoms with van der Waals surface area (Å²) in [5.41, 5.74) is 0.210. The number of fused-ring (bicyclic) bond motifs is 1. The van der Waals surface area contributed by atoms with Gasteiger partial charge in [-0.05, 0) is 37.1 Å². The monoisotopic (exact) mass is 587 g/mol. The minimum Gasteiger partial charge on any atom is -0.471 e. The van der Waals surface area contributed by atoms with E-state index in [-0.39, 0.29) is 35.1 Å². The fraction of sp³-hybridized carbons (Fsp3) is 0.304. The smallest absolute Gasteiger partial charge is 0.312 e. The molecule has 1 fully saturated rings. The van der Waals surface area contributed by atoms with Crippen LogP contribution < -0.4 is 10.3 Å². The Bertz CT molecular complexity index is 1390. The number of nitro benzene ring substituents is 1. The summed E-state index contributed by atoms with van der Waals surface area (Å²) in [6, 6.07) is 10.0. The summed E-state index contributed by atoms with van der Waals surface area (Å²) in [5.74, 6) is 0.555. The van der Waals surface area contributed by atoms with E-state index in [1.165, 1.54) is 17.0 Å². The first-order valence-electron chi connectivity index (χ1n) is 10.6. The second kappa shape index (κ2) is 10.4. The van der Waals surface area contributed by atoms with E-state index in [0.29, 0.717) is 21.2 Å². The number of rotatable bonds is 6. The molecular weight excluding hydrogens is 570 g/mol. The van der Waals surface area contributed by atoms with Crippen LogP contribution in [0.4, 0.5) is 5.69 Å². The molecule has 0 atom stereocenters. The third-order valence-corrected chi connectivity index (χ3v) is 6.61. The maximum absolute atomic E-state index is 13.5. The van der Waals surface area contributed by atoms with E-state index < -0.39 is 4.92 Å². The van der Waals surface area contributed by atoms with Crippen LogP contribution in [0.25, 0.3) is 10.9 Å². The molecule has 0 bridgehead atoms. The van der Waals surface area contributed by atoms with Gasteiger partial charge in [0.1, 0.15) is 11.9 Å². The lowest BCUT2D eigenvalue weighted by Gasteiger charge is -2.22. The summed E-state index contributed by atoms with van der Waals surface area (Å²) in [4.78, 5) is 29.2. The lowest BCUT2D eigenvalue weighted by atomic mass is 9.88. The second-order valence-electron chi connectivity index (χ2n) is 7.88. The fourth-order valence-corrected chi connectivity index (χ4v) is 4.94. The molecule has 0 amide bonds. The minimum absolute atomic E-state index is 0.0813. The van der Waals surface area contributed by atoms with Crippen molar-refractivity contribution in [3.05, 3.63) is 71.1 Å². The fourth-order valence-electron chi connectivity index (χ4n) is 4.12. The molecule has 0 aliphatic heterocycles. The van der Waals surface area contributed by atoms with Crippen LogP contribution >= 0.6 is 31.9 Å². The Labute approximate surface area is 211 Å².